The SMILES string of the molecule is CC.Nc1ccccc1.OCN1CCN1. The second-order valence-electron chi connectivity index (χ2n) is 2.72. The first-order valence-corrected chi connectivity index (χ1v) is 5.23. The van der Waals surface area contributed by atoms with E-state index in [4.69, 9.17) is 10.8 Å². The van der Waals surface area contributed by atoms with Crippen LogP contribution in [0.25, 0.3) is 0 Å². The molecule has 1 aromatic carbocycles. The number of para-hydroxylation sites is 1. The molecule has 0 radical (unpaired) electrons. The van der Waals surface area contributed by atoms with E-state index in [-0.39, 0.29) is 6.73 Å². The average Bonchev–Trinajstić information content (AvgIpc) is 2.21. The minimum Gasteiger partial charge on any atom is -0.399 e. The summed E-state index contributed by atoms with van der Waals surface area (Å²) in [7, 11) is 0. The minimum absolute atomic E-state index is 0.139. The number of nitrogen functional groups attached to an aromatic ring is 1. The molecule has 1 aliphatic rings. The van der Waals surface area contributed by atoms with Crippen LogP contribution in [0.3, 0.4) is 0 Å². The number of aliphatic hydroxyl groups is 1. The zero-order valence-corrected chi connectivity index (χ0v) is 9.48. The number of hydrazine groups is 1. The molecule has 4 N–H and O–H groups in total. The molecule has 15 heavy (non-hydrogen) atoms. The lowest BCUT2D eigenvalue weighted by molar-refractivity contribution is 0.00590. The summed E-state index contributed by atoms with van der Waals surface area (Å²) in [5.41, 5.74) is 9.06. The Bertz CT molecular complexity index is 222. The number of aliphatic hydroxyl groups excluding tert-OH is 1. The Balaban J connectivity index is 0.000000227. The van der Waals surface area contributed by atoms with Crippen LogP contribution < -0.4 is 11.2 Å². The second kappa shape index (κ2) is 9.45. The maximum Gasteiger partial charge on any atom is 0.108 e. The van der Waals surface area contributed by atoms with Gasteiger partial charge in [-0.2, -0.15) is 0 Å². The lowest BCUT2D eigenvalue weighted by Crippen LogP contribution is -2.53. The molecule has 0 atom stereocenters. The predicted octanol–water partition coefficient (Wildman–Crippen LogP) is 1.05. The van der Waals surface area contributed by atoms with Crippen molar-refractivity contribution in [3.8, 4) is 0 Å². The number of nitrogens with one attached hydrogen (secondary N) is 1. The van der Waals surface area contributed by atoms with Crippen molar-refractivity contribution in [1.29, 1.82) is 0 Å². The van der Waals surface area contributed by atoms with E-state index in [1.54, 1.807) is 5.01 Å². The third-order valence-electron chi connectivity index (χ3n) is 1.69. The molecule has 0 saturated carbocycles. The summed E-state index contributed by atoms with van der Waals surface area (Å²) in [4.78, 5) is 0. The molecule has 4 heteroatoms. The van der Waals surface area contributed by atoms with E-state index in [9.17, 15) is 0 Å². The van der Waals surface area contributed by atoms with Gasteiger partial charge in [-0.05, 0) is 12.1 Å². The zero-order valence-electron chi connectivity index (χ0n) is 9.48. The van der Waals surface area contributed by atoms with Crippen molar-refractivity contribution in [3.63, 3.8) is 0 Å². The van der Waals surface area contributed by atoms with Gasteiger partial charge < -0.3 is 10.8 Å². The van der Waals surface area contributed by atoms with Gasteiger partial charge in [0.05, 0.1) is 0 Å². The maximum absolute atomic E-state index is 8.25. The Hall–Kier alpha value is -1.10. The van der Waals surface area contributed by atoms with Crippen LogP contribution in [0.4, 0.5) is 5.69 Å². The smallest absolute Gasteiger partial charge is 0.108 e. The molecule has 1 saturated heterocycles. The molecule has 86 valence electrons. The van der Waals surface area contributed by atoms with Crippen LogP contribution >= 0.6 is 0 Å². The van der Waals surface area contributed by atoms with E-state index in [1.165, 1.54) is 0 Å². The summed E-state index contributed by atoms with van der Waals surface area (Å²) < 4.78 is 0. The van der Waals surface area contributed by atoms with E-state index in [0.717, 1.165) is 18.8 Å². The molecule has 1 aliphatic heterocycles. The third-order valence-corrected chi connectivity index (χ3v) is 1.69. The second-order valence-corrected chi connectivity index (χ2v) is 2.72. The molecular weight excluding hydrogens is 190 g/mol. The summed E-state index contributed by atoms with van der Waals surface area (Å²) in [6.07, 6.45) is 0. The highest BCUT2D eigenvalue weighted by atomic mass is 16.3. The van der Waals surface area contributed by atoms with Crippen LogP contribution in [-0.4, -0.2) is 29.9 Å². The largest absolute Gasteiger partial charge is 0.399 e. The number of rotatable bonds is 1. The van der Waals surface area contributed by atoms with Gasteiger partial charge in [0.2, 0.25) is 0 Å². The Kier molecular flexibility index (Phi) is 8.76. The average molecular weight is 211 g/mol. The molecule has 0 spiro atoms. The highest BCUT2D eigenvalue weighted by Gasteiger charge is 2.08. The number of nitrogens with two attached hydrogens (primary N) is 1. The van der Waals surface area contributed by atoms with Crippen molar-refractivity contribution in [1.82, 2.24) is 10.4 Å². The van der Waals surface area contributed by atoms with Crippen LogP contribution in [0.5, 0.6) is 0 Å². The quantitative estimate of drug-likeness (QED) is 0.608. The van der Waals surface area contributed by atoms with Crippen LogP contribution in [0.1, 0.15) is 13.8 Å². The first-order valence-electron chi connectivity index (χ1n) is 5.23. The Morgan fingerprint density at radius 1 is 1.33 bits per heavy atom. The van der Waals surface area contributed by atoms with Gasteiger partial charge in [0.15, 0.2) is 0 Å². The summed E-state index contributed by atoms with van der Waals surface area (Å²) in [6, 6.07) is 9.49. The molecule has 0 aromatic heterocycles. The predicted molar refractivity (Wildman–Crippen MR) is 64.0 cm³/mol. The van der Waals surface area contributed by atoms with Crippen LogP contribution in [0.15, 0.2) is 30.3 Å². The topological polar surface area (TPSA) is 61.5 Å². The molecule has 0 unspecified atom stereocenters. The molecule has 1 aromatic rings. The van der Waals surface area contributed by atoms with Gasteiger partial charge in [-0.15, -0.1) is 0 Å². The molecule has 0 amide bonds. The fourth-order valence-corrected chi connectivity index (χ4v) is 0.844. The van der Waals surface area contributed by atoms with Gasteiger partial charge in [0.1, 0.15) is 6.73 Å². The van der Waals surface area contributed by atoms with Crippen LogP contribution in [0.2, 0.25) is 0 Å². The fraction of sp³-hybridized carbons (Fsp3) is 0.455. The lowest BCUT2D eigenvalue weighted by Gasteiger charge is -2.29. The van der Waals surface area contributed by atoms with E-state index in [1.807, 2.05) is 44.2 Å². The number of hydrogen-bond donors (Lipinski definition) is 3. The minimum atomic E-state index is 0.139. The number of nitrogens with zero attached hydrogens (tertiary/aromatic N) is 1. The fourth-order valence-electron chi connectivity index (χ4n) is 0.844. The third kappa shape index (κ3) is 6.90. The number of hydrogen-bond acceptors (Lipinski definition) is 4. The zero-order chi connectivity index (χ0) is 11.5. The summed E-state index contributed by atoms with van der Waals surface area (Å²) in [6.45, 7) is 6.14. The summed E-state index contributed by atoms with van der Waals surface area (Å²) >= 11 is 0. The van der Waals surface area contributed by atoms with E-state index < -0.39 is 0 Å². The molecule has 4 nitrogen and oxygen atoms in total. The first kappa shape index (κ1) is 13.9. The van der Waals surface area contributed by atoms with E-state index in [2.05, 4.69) is 5.43 Å². The highest BCUT2D eigenvalue weighted by molar-refractivity contribution is 5.35. The van der Waals surface area contributed by atoms with E-state index >= 15 is 0 Å². The Labute approximate surface area is 91.7 Å². The standard InChI is InChI=1S/C6H7N.C3H8N2O.C2H6/c7-6-4-2-1-3-5-6;6-3-5-2-1-4-5;1-2/h1-5H,7H2;4,6H,1-3H2;1-2H3. The van der Waals surface area contributed by atoms with Crippen LogP contribution in [-0.2, 0) is 0 Å². The molecule has 2 rings (SSSR count). The Morgan fingerprint density at radius 2 is 1.87 bits per heavy atom. The molecular formula is C11H21N3O. The van der Waals surface area contributed by atoms with Gasteiger partial charge in [0.25, 0.3) is 0 Å². The van der Waals surface area contributed by atoms with Gasteiger partial charge in [-0.3, -0.25) is 5.43 Å². The molecule has 0 bridgehead atoms. The van der Waals surface area contributed by atoms with Crippen molar-refractivity contribution in [3.05, 3.63) is 30.3 Å². The molecule has 1 fully saturated rings. The number of anilines is 1. The van der Waals surface area contributed by atoms with Crippen molar-refractivity contribution < 1.29 is 5.11 Å². The van der Waals surface area contributed by atoms with Crippen LogP contribution in [0, 0.1) is 0 Å². The summed E-state index contributed by atoms with van der Waals surface area (Å²) in [5.74, 6) is 0. The van der Waals surface area contributed by atoms with Crippen molar-refractivity contribution in [2.24, 2.45) is 0 Å². The number of benzene rings is 1. The highest BCUT2D eigenvalue weighted by Crippen LogP contribution is 1.95. The molecule has 0 aliphatic carbocycles. The van der Waals surface area contributed by atoms with Gasteiger partial charge >= 0.3 is 0 Å². The van der Waals surface area contributed by atoms with Gasteiger partial charge in [0, 0.05) is 18.8 Å². The lowest BCUT2D eigenvalue weighted by atomic mass is 10.3. The monoisotopic (exact) mass is 211 g/mol. The van der Waals surface area contributed by atoms with Gasteiger partial charge in [-0.25, -0.2) is 5.01 Å². The van der Waals surface area contributed by atoms with Crippen molar-refractivity contribution >= 4 is 5.69 Å². The maximum atomic E-state index is 8.25. The van der Waals surface area contributed by atoms with Gasteiger partial charge in [-0.1, -0.05) is 32.0 Å². The van der Waals surface area contributed by atoms with Crippen molar-refractivity contribution in [2.75, 3.05) is 25.6 Å². The normalized spacial score (nSPS) is 13.8. The van der Waals surface area contributed by atoms with Crippen molar-refractivity contribution in [2.45, 2.75) is 13.8 Å². The Morgan fingerprint density at radius 3 is 2.00 bits per heavy atom. The molecule has 1 heterocycles. The summed E-state index contributed by atoms with van der Waals surface area (Å²) in [5, 5.41) is 9.99. The first-order chi connectivity index (χ1) is 7.33. The van der Waals surface area contributed by atoms with E-state index in [0.29, 0.717) is 0 Å².